The number of aromatic nitrogens is 3. The predicted molar refractivity (Wildman–Crippen MR) is 140 cm³/mol. The molecule has 1 aromatic heterocycles. The third kappa shape index (κ3) is 6.20. The molecule has 0 bridgehead atoms. The van der Waals surface area contributed by atoms with Gasteiger partial charge in [0.2, 0.25) is 5.82 Å². The van der Waals surface area contributed by atoms with Crippen molar-refractivity contribution in [3.8, 4) is 0 Å². The molecule has 240 valence electrons. The fourth-order valence-corrected chi connectivity index (χ4v) is 5.38. The molecule has 1 amide bonds. The van der Waals surface area contributed by atoms with Crippen LogP contribution in [0.3, 0.4) is 0 Å². The van der Waals surface area contributed by atoms with Crippen LogP contribution in [-0.2, 0) is 47.4 Å². The molecular weight excluding hydrogens is 588 g/mol. The third-order valence-electron chi connectivity index (χ3n) is 7.71. The van der Waals surface area contributed by atoms with Crippen molar-refractivity contribution in [1.29, 1.82) is 0 Å². The molecule has 5 heterocycles. The van der Waals surface area contributed by atoms with E-state index in [-0.39, 0.29) is 25.6 Å². The van der Waals surface area contributed by atoms with Crippen molar-refractivity contribution in [2.45, 2.75) is 74.9 Å². The summed E-state index contributed by atoms with van der Waals surface area (Å²) in [5.41, 5.74) is 6.02. The molecule has 5 unspecified atom stereocenters. The molecule has 4 aliphatic heterocycles. The lowest BCUT2D eigenvalue weighted by Gasteiger charge is -2.46. The minimum atomic E-state index is -1.44. The summed E-state index contributed by atoms with van der Waals surface area (Å²) in [6.45, 7) is 0.304. The van der Waals surface area contributed by atoms with E-state index in [1.165, 1.54) is 18.1 Å². The number of primary amides is 1. The van der Waals surface area contributed by atoms with E-state index in [1.54, 1.807) is 6.92 Å². The zero-order chi connectivity index (χ0) is 31.0. The second-order valence-corrected chi connectivity index (χ2v) is 10.8. The van der Waals surface area contributed by atoms with Gasteiger partial charge in [-0.1, -0.05) is 30.3 Å². The van der Waals surface area contributed by atoms with E-state index < -0.39 is 85.8 Å². The van der Waals surface area contributed by atoms with Gasteiger partial charge < -0.3 is 58.6 Å². The van der Waals surface area contributed by atoms with Crippen LogP contribution in [0, 0.1) is 5.92 Å². The number of esters is 1. The second-order valence-electron chi connectivity index (χ2n) is 10.8. The van der Waals surface area contributed by atoms with Gasteiger partial charge in [-0.15, -0.1) is 5.10 Å². The quantitative estimate of drug-likeness (QED) is 0.264. The van der Waals surface area contributed by atoms with Crippen molar-refractivity contribution in [3.63, 3.8) is 0 Å². The number of fused-ring (bicyclic) bond motifs is 2. The molecule has 0 radical (unpaired) electrons. The number of carbonyl (C=O) groups excluding carboxylic acids is 2. The van der Waals surface area contributed by atoms with Crippen molar-refractivity contribution < 1.29 is 62.4 Å². The summed E-state index contributed by atoms with van der Waals surface area (Å²) in [7, 11) is 1.40. The van der Waals surface area contributed by atoms with Crippen molar-refractivity contribution in [2.24, 2.45) is 11.7 Å². The Morgan fingerprint density at radius 1 is 1.07 bits per heavy atom. The van der Waals surface area contributed by atoms with Gasteiger partial charge in [0.25, 0.3) is 12.4 Å². The number of ether oxygens (including phenoxy) is 9. The van der Waals surface area contributed by atoms with Crippen LogP contribution in [0.2, 0.25) is 0 Å². The van der Waals surface area contributed by atoms with E-state index in [9.17, 15) is 19.8 Å². The Morgan fingerprint density at radius 2 is 1.84 bits per heavy atom. The molecule has 12 atom stereocenters. The molecule has 0 saturated carbocycles. The van der Waals surface area contributed by atoms with Gasteiger partial charge in [-0.05, 0) is 6.92 Å². The fourth-order valence-electron chi connectivity index (χ4n) is 5.38. The maximum Gasteiger partial charge on any atom is 0.311 e. The first kappa shape index (κ1) is 30.9. The predicted octanol–water partition coefficient (Wildman–Crippen LogP) is -1.25. The Labute approximate surface area is 250 Å². The Bertz CT molecular complexity index is 1300. The van der Waals surface area contributed by atoms with Crippen molar-refractivity contribution in [1.82, 2.24) is 14.8 Å². The first-order chi connectivity index (χ1) is 21.2. The summed E-state index contributed by atoms with van der Waals surface area (Å²) < 4.78 is 52.5. The van der Waals surface area contributed by atoms with E-state index in [1.807, 2.05) is 30.3 Å². The van der Waals surface area contributed by atoms with Gasteiger partial charge in [-0.25, -0.2) is 9.67 Å². The summed E-state index contributed by atoms with van der Waals surface area (Å²) >= 11 is 0. The van der Waals surface area contributed by atoms with Gasteiger partial charge in [0.15, 0.2) is 18.8 Å². The Hall–Kier alpha value is -3.10. The lowest BCUT2D eigenvalue weighted by Crippen LogP contribution is -2.62. The highest BCUT2D eigenvalue weighted by Gasteiger charge is 2.55. The number of nitrogens with zero attached hydrogens (tertiary/aromatic N) is 3. The van der Waals surface area contributed by atoms with Crippen LogP contribution in [0.5, 0.6) is 0 Å². The third-order valence-corrected chi connectivity index (χ3v) is 7.71. The second kappa shape index (κ2) is 13.1. The van der Waals surface area contributed by atoms with Gasteiger partial charge in [-0.2, -0.15) is 0 Å². The highest BCUT2D eigenvalue weighted by atomic mass is 16.9. The average Bonchev–Trinajstić information content (AvgIpc) is 3.77. The number of rotatable bonds is 10. The highest BCUT2D eigenvalue weighted by molar-refractivity contribution is 5.88. The van der Waals surface area contributed by atoms with Crippen molar-refractivity contribution in [3.05, 3.63) is 48.0 Å². The number of aliphatic hydroxyl groups excluding tert-OH is 2. The summed E-state index contributed by atoms with van der Waals surface area (Å²) in [6, 6.07) is 9.22. The molecule has 17 heteroatoms. The van der Waals surface area contributed by atoms with Crippen LogP contribution in [0.15, 0.2) is 36.7 Å². The molecule has 0 aliphatic carbocycles. The van der Waals surface area contributed by atoms with Crippen molar-refractivity contribution >= 4 is 11.9 Å². The van der Waals surface area contributed by atoms with E-state index in [4.69, 9.17) is 48.4 Å². The SMILES string of the molecule is COC1O[C@@H]2[C@H](O1)[C@@H](COC(=O)[C@@H](C)CO[C@@H]1OC3COC(c4ccccc4)O[C@@H]3C(O)C1O)O[C@H]2n1cnc(C(N)=O)n1. The smallest absolute Gasteiger partial charge is 0.311 e. The first-order valence-electron chi connectivity index (χ1n) is 14.1. The lowest BCUT2D eigenvalue weighted by molar-refractivity contribution is -0.362. The molecule has 1 aromatic carbocycles. The molecule has 0 spiro atoms. The molecule has 4 fully saturated rings. The van der Waals surface area contributed by atoms with Crippen LogP contribution in [-0.4, -0.2) is 119 Å². The molecule has 44 heavy (non-hydrogen) atoms. The van der Waals surface area contributed by atoms with E-state index in [0.29, 0.717) is 0 Å². The zero-order valence-corrected chi connectivity index (χ0v) is 23.8. The molecule has 4 aliphatic rings. The maximum atomic E-state index is 12.8. The summed E-state index contributed by atoms with van der Waals surface area (Å²) in [5, 5.41) is 25.5. The number of methoxy groups -OCH3 is 1. The minimum Gasteiger partial charge on any atom is -0.463 e. The topological polar surface area (TPSA) is 214 Å². The summed E-state index contributed by atoms with van der Waals surface area (Å²) in [5.74, 6) is -2.41. The van der Waals surface area contributed by atoms with E-state index >= 15 is 0 Å². The van der Waals surface area contributed by atoms with Crippen LogP contribution in [0.1, 0.15) is 35.6 Å². The average molecular weight is 623 g/mol. The summed E-state index contributed by atoms with van der Waals surface area (Å²) in [6.07, 6.45) is -7.99. The van der Waals surface area contributed by atoms with Crippen LogP contribution in [0.4, 0.5) is 0 Å². The Balaban J connectivity index is 0.999. The number of amides is 1. The fraction of sp³-hybridized carbons (Fsp3) is 0.630. The van der Waals surface area contributed by atoms with Gasteiger partial charge in [0.1, 0.15) is 55.7 Å². The van der Waals surface area contributed by atoms with Crippen molar-refractivity contribution in [2.75, 3.05) is 26.9 Å². The lowest BCUT2D eigenvalue weighted by atomic mass is 9.98. The maximum absolute atomic E-state index is 12.8. The number of hydrogen-bond acceptors (Lipinski definition) is 15. The Kier molecular flexibility index (Phi) is 9.20. The number of aliphatic hydroxyl groups is 2. The number of benzene rings is 1. The van der Waals surface area contributed by atoms with Gasteiger partial charge in [0, 0.05) is 12.7 Å². The van der Waals surface area contributed by atoms with Crippen LogP contribution in [0.25, 0.3) is 0 Å². The van der Waals surface area contributed by atoms with Crippen LogP contribution >= 0.6 is 0 Å². The zero-order valence-electron chi connectivity index (χ0n) is 23.8. The van der Waals surface area contributed by atoms with Gasteiger partial charge in [-0.3, -0.25) is 9.59 Å². The number of hydrogen-bond donors (Lipinski definition) is 3. The molecular formula is C27H34N4O13. The highest BCUT2D eigenvalue weighted by Crippen LogP contribution is 2.39. The molecule has 6 rings (SSSR count). The molecule has 4 N–H and O–H groups in total. The van der Waals surface area contributed by atoms with E-state index in [0.717, 1.165) is 5.56 Å². The first-order valence-corrected chi connectivity index (χ1v) is 14.1. The summed E-state index contributed by atoms with van der Waals surface area (Å²) in [4.78, 5) is 28.1. The molecule has 4 saturated heterocycles. The number of nitrogens with two attached hydrogens (primary N) is 1. The minimum absolute atomic E-state index is 0.101. The van der Waals surface area contributed by atoms with Crippen LogP contribution < -0.4 is 5.73 Å². The van der Waals surface area contributed by atoms with Gasteiger partial charge >= 0.3 is 5.97 Å². The standard InChI is InChI=1S/C27H34N4O13/c1-12(8-38-26-17(33)16(32)18-14(41-26)10-39-25(42-18)13-6-4-3-5-7-13)24(35)37-9-15-19-20(44-27(36-2)43-19)23(40-15)31-11-29-22(30-31)21(28)34/h3-7,11-12,14-20,23,25-27,32-33H,8-10H2,1-2H3,(H2,28,34)/t12-,14?,15+,16?,17?,18-,19+,20+,23+,25?,26+,27?/m0/s1. The monoisotopic (exact) mass is 622 g/mol. The Morgan fingerprint density at radius 3 is 2.57 bits per heavy atom. The van der Waals surface area contributed by atoms with E-state index in [2.05, 4.69) is 10.1 Å². The molecule has 2 aromatic rings. The number of carbonyl (C=O) groups is 2. The molecule has 17 nitrogen and oxygen atoms in total. The van der Waals surface area contributed by atoms with Gasteiger partial charge in [0.05, 0.1) is 19.1 Å². The largest absolute Gasteiger partial charge is 0.463 e. The normalized spacial score (nSPS) is 37.2.